The van der Waals surface area contributed by atoms with Gasteiger partial charge in [-0.2, -0.15) is 0 Å². The second-order valence-corrected chi connectivity index (χ2v) is 7.16. The van der Waals surface area contributed by atoms with Gasteiger partial charge < -0.3 is 20.3 Å². The average Bonchev–Trinajstić information content (AvgIpc) is 3.33. The van der Waals surface area contributed by atoms with Crippen molar-refractivity contribution in [1.29, 1.82) is 0 Å². The Morgan fingerprint density at radius 3 is 2.79 bits per heavy atom. The van der Waals surface area contributed by atoms with Crippen molar-refractivity contribution in [3.8, 4) is 0 Å². The van der Waals surface area contributed by atoms with Gasteiger partial charge in [0.15, 0.2) is 0 Å². The van der Waals surface area contributed by atoms with Crippen LogP contribution in [-0.4, -0.2) is 37.7 Å². The number of aromatic nitrogens is 3. The van der Waals surface area contributed by atoms with E-state index in [0.29, 0.717) is 23.6 Å². The number of nitrogens with one attached hydrogen (secondary N) is 2. The average molecular weight is 377 g/mol. The van der Waals surface area contributed by atoms with Crippen molar-refractivity contribution in [3.05, 3.63) is 73.1 Å². The predicted molar refractivity (Wildman–Crippen MR) is 106 cm³/mol. The van der Waals surface area contributed by atoms with Gasteiger partial charge in [0, 0.05) is 37.0 Å². The van der Waals surface area contributed by atoms with Gasteiger partial charge >= 0.3 is 0 Å². The smallest absolute Gasteiger partial charge is 0.255 e. The zero-order valence-electron chi connectivity index (χ0n) is 15.4. The van der Waals surface area contributed by atoms with Gasteiger partial charge in [-0.05, 0) is 37.0 Å². The van der Waals surface area contributed by atoms with E-state index in [4.69, 9.17) is 0 Å². The summed E-state index contributed by atoms with van der Waals surface area (Å²) in [4.78, 5) is 21.0. The molecule has 3 N–H and O–H groups in total. The molecule has 28 heavy (non-hydrogen) atoms. The Bertz CT molecular complexity index is 914. The van der Waals surface area contributed by atoms with Crippen molar-refractivity contribution in [2.24, 2.45) is 5.92 Å². The Hall–Kier alpha value is -3.19. The summed E-state index contributed by atoms with van der Waals surface area (Å²) < 4.78 is 2.00. The van der Waals surface area contributed by atoms with Crippen molar-refractivity contribution in [1.82, 2.24) is 19.9 Å². The molecule has 144 valence electrons. The zero-order chi connectivity index (χ0) is 19.3. The molecule has 0 aliphatic heterocycles. The van der Waals surface area contributed by atoms with Crippen molar-refractivity contribution >= 4 is 17.3 Å². The van der Waals surface area contributed by atoms with E-state index < -0.39 is 6.10 Å². The molecule has 0 bridgehead atoms. The van der Waals surface area contributed by atoms with E-state index in [2.05, 4.69) is 20.6 Å². The maximum Gasteiger partial charge on any atom is 0.255 e. The molecule has 0 spiro atoms. The highest BCUT2D eigenvalue weighted by Crippen LogP contribution is 2.28. The van der Waals surface area contributed by atoms with Crippen LogP contribution in [0.4, 0.5) is 11.4 Å². The lowest BCUT2D eigenvalue weighted by atomic mass is 10.1. The van der Waals surface area contributed by atoms with Crippen LogP contribution in [0.2, 0.25) is 0 Å². The molecule has 2 aromatic heterocycles. The van der Waals surface area contributed by atoms with Gasteiger partial charge in [0.05, 0.1) is 29.7 Å². The second kappa shape index (κ2) is 8.22. The molecule has 0 radical (unpaired) electrons. The number of hydrogen-bond donors (Lipinski definition) is 3. The predicted octanol–water partition coefficient (Wildman–Crippen LogP) is 2.59. The van der Waals surface area contributed by atoms with Gasteiger partial charge in [0.25, 0.3) is 5.91 Å². The molecule has 2 heterocycles. The lowest BCUT2D eigenvalue weighted by Gasteiger charge is -2.18. The summed E-state index contributed by atoms with van der Waals surface area (Å²) in [5, 5.41) is 16.7. The standard InChI is InChI=1S/C21H23N5O2/c27-20-11-15(13-26-9-8-23-14-26)10-19(20)25-21(28)17-12-22-7-6-18(17)24-16-4-2-1-3-5-16/h1-9,12,14-15,19-20,27H,10-11,13H2,(H,22,24)(H,25,28)/t15?,19-,20-/m1/s1. The van der Waals surface area contributed by atoms with E-state index in [1.165, 1.54) is 0 Å². The highest BCUT2D eigenvalue weighted by Gasteiger charge is 2.34. The molecule has 1 saturated carbocycles. The number of rotatable bonds is 6. The Morgan fingerprint density at radius 1 is 1.14 bits per heavy atom. The molecule has 1 amide bonds. The molecular formula is C21H23N5O2. The van der Waals surface area contributed by atoms with E-state index in [-0.39, 0.29) is 11.9 Å². The first-order valence-corrected chi connectivity index (χ1v) is 9.40. The summed E-state index contributed by atoms with van der Waals surface area (Å²) in [6.07, 6.45) is 9.45. The van der Waals surface area contributed by atoms with Gasteiger partial charge in [0.2, 0.25) is 0 Å². The molecule has 3 atom stereocenters. The Kier molecular flexibility index (Phi) is 5.34. The summed E-state index contributed by atoms with van der Waals surface area (Å²) >= 11 is 0. The van der Waals surface area contributed by atoms with E-state index in [9.17, 15) is 9.90 Å². The minimum Gasteiger partial charge on any atom is -0.391 e. The summed E-state index contributed by atoms with van der Waals surface area (Å²) in [7, 11) is 0. The lowest BCUT2D eigenvalue weighted by molar-refractivity contribution is 0.0873. The van der Waals surface area contributed by atoms with Crippen LogP contribution in [0.3, 0.4) is 0 Å². The number of aliphatic hydroxyl groups excluding tert-OH is 1. The number of amides is 1. The normalized spacial score (nSPS) is 21.4. The highest BCUT2D eigenvalue weighted by molar-refractivity contribution is 6.00. The first-order valence-electron chi connectivity index (χ1n) is 9.40. The molecular weight excluding hydrogens is 354 g/mol. The van der Waals surface area contributed by atoms with Gasteiger partial charge in [-0.1, -0.05) is 18.2 Å². The summed E-state index contributed by atoms with van der Waals surface area (Å²) in [6, 6.07) is 11.2. The maximum atomic E-state index is 12.9. The van der Waals surface area contributed by atoms with Crippen molar-refractivity contribution < 1.29 is 9.90 Å². The molecule has 1 aromatic carbocycles. The van der Waals surface area contributed by atoms with Crippen molar-refractivity contribution in [2.45, 2.75) is 31.5 Å². The van der Waals surface area contributed by atoms with Crippen LogP contribution in [0.1, 0.15) is 23.2 Å². The van der Waals surface area contributed by atoms with Crippen LogP contribution >= 0.6 is 0 Å². The minimum absolute atomic E-state index is 0.237. The monoisotopic (exact) mass is 377 g/mol. The lowest BCUT2D eigenvalue weighted by Crippen LogP contribution is -2.40. The van der Waals surface area contributed by atoms with Crippen LogP contribution in [0, 0.1) is 5.92 Å². The highest BCUT2D eigenvalue weighted by atomic mass is 16.3. The quantitative estimate of drug-likeness (QED) is 0.614. The molecule has 1 fully saturated rings. The number of carbonyl (C=O) groups excluding carboxylic acids is 1. The van der Waals surface area contributed by atoms with Crippen LogP contribution in [0.5, 0.6) is 0 Å². The van der Waals surface area contributed by atoms with Crippen LogP contribution < -0.4 is 10.6 Å². The second-order valence-electron chi connectivity index (χ2n) is 7.16. The van der Waals surface area contributed by atoms with Gasteiger partial charge in [-0.3, -0.25) is 9.78 Å². The van der Waals surface area contributed by atoms with Crippen molar-refractivity contribution in [3.63, 3.8) is 0 Å². The number of para-hydroxylation sites is 1. The van der Waals surface area contributed by atoms with Crippen LogP contribution in [0.25, 0.3) is 0 Å². The fraction of sp³-hybridized carbons (Fsp3) is 0.286. The van der Waals surface area contributed by atoms with Gasteiger partial charge in [0.1, 0.15) is 0 Å². The Morgan fingerprint density at radius 2 is 2.00 bits per heavy atom. The summed E-state index contributed by atoms with van der Waals surface area (Å²) in [6.45, 7) is 0.789. The number of imidazole rings is 1. The van der Waals surface area contributed by atoms with Gasteiger partial charge in [-0.15, -0.1) is 0 Å². The first kappa shape index (κ1) is 18.2. The van der Waals surface area contributed by atoms with Gasteiger partial charge in [-0.25, -0.2) is 4.98 Å². The SMILES string of the molecule is O=C(N[C@@H]1CC(Cn2ccnc2)C[C@H]1O)c1cnccc1Nc1ccccc1. The molecule has 0 saturated heterocycles. The number of pyridine rings is 1. The molecule has 1 aliphatic rings. The molecule has 1 unspecified atom stereocenters. The third-order valence-corrected chi connectivity index (χ3v) is 5.09. The molecule has 3 aromatic rings. The number of hydrogen-bond acceptors (Lipinski definition) is 5. The van der Waals surface area contributed by atoms with E-state index in [1.54, 1.807) is 31.0 Å². The van der Waals surface area contributed by atoms with E-state index >= 15 is 0 Å². The van der Waals surface area contributed by atoms with E-state index in [1.807, 2.05) is 41.1 Å². The van der Waals surface area contributed by atoms with Crippen LogP contribution in [0.15, 0.2) is 67.5 Å². The number of anilines is 2. The number of benzene rings is 1. The maximum absolute atomic E-state index is 12.9. The topological polar surface area (TPSA) is 92.1 Å². The molecule has 4 rings (SSSR count). The third kappa shape index (κ3) is 4.20. The Labute approximate surface area is 163 Å². The Balaban J connectivity index is 1.42. The molecule has 7 nitrogen and oxygen atoms in total. The fourth-order valence-electron chi connectivity index (χ4n) is 3.72. The largest absolute Gasteiger partial charge is 0.391 e. The number of nitrogens with zero attached hydrogens (tertiary/aromatic N) is 3. The fourth-order valence-corrected chi connectivity index (χ4v) is 3.72. The van der Waals surface area contributed by atoms with Crippen molar-refractivity contribution in [2.75, 3.05) is 5.32 Å². The van der Waals surface area contributed by atoms with E-state index in [0.717, 1.165) is 18.7 Å². The third-order valence-electron chi connectivity index (χ3n) is 5.09. The summed E-state index contributed by atoms with van der Waals surface area (Å²) in [5.74, 6) is 0.0594. The van der Waals surface area contributed by atoms with Crippen LogP contribution in [-0.2, 0) is 6.54 Å². The number of aliphatic hydroxyl groups is 1. The number of carbonyl (C=O) groups is 1. The zero-order valence-corrected chi connectivity index (χ0v) is 15.4. The first-order chi connectivity index (χ1) is 13.7. The molecule has 7 heteroatoms. The molecule has 1 aliphatic carbocycles. The minimum atomic E-state index is -0.556. The summed E-state index contributed by atoms with van der Waals surface area (Å²) in [5.41, 5.74) is 2.03.